The summed E-state index contributed by atoms with van der Waals surface area (Å²) in [4.78, 5) is 0. The first-order chi connectivity index (χ1) is 12.8. The third kappa shape index (κ3) is 5.61. The van der Waals surface area contributed by atoms with E-state index in [4.69, 9.17) is 0 Å². The molecule has 0 radical (unpaired) electrons. The van der Waals surface area contributed by atoms with Gasteiger partial charge in [-0.05, 0) is 79.7 Å². The SMILES string of the molecule is CCCCCc1ccc([C@@H]2CC[C@H]3C[C@@H](CCCCC)CC[C@@H]3C2)cc1. The summed E-state index contributed by atoms with van der Waals surface area (Å²) in [6.45, 7) is 4.62. The Kier molecular flexibility index (Phi) is 8.08. The van der Waals surface area contributed by atoms with Gasteiger partial charge in [0.25, 0.3) is 0 Å². The zero-order valence-corrected chi connectivity index (χ0v) is 17.5. The van der Waals surface area contributed by atoms with Gasteiger partial charge in [0.1, 0.15) is 0 Å². The summed E-state index contributed by atoms with van der Waals surface area (Å²) < 4.78 is 0. The quantitative estimate of drug-likeness (QED) is 0.391. The number of unbranched alkanes of at least 4 members (excludes halogenated alkanes) is 4. The molecule has 0 spiro atoms. The summed E-state index contributed by atoms with van der Waals surface area (Å²) in [6, 6.07) is 9.76. The van der Waals surface area contributed by atoms with E-state index < -0.39 is 0 Å². The monoisotopic (exact) mass is 354 g/mol. The lowest BCUT2D eigenvalue weighted by Crippen LogP contribution is -2.30. The molecule has 0 amide bonds. The molecule has 2 fully saturated rings. The van der Waals surface area contributed by atoms with Gasteiger partial charge >= 0.3 is 0 Å². The largest absolute Gasteiger partial charge is 0.0654 e. The van der Waals surface area contributed by atoms with E-state index in [1.807, 2.05) is 0 Å². The Labute approximate surface area is 163 Å². The van der Waals surface area contributed by atoms with Crippen LogP contribution in [0.5, 0.6) is 0 Å². The van der Waals surface area contributed by atoms with Crippen LogP contribution in [0.4, 0.5) is 0 Å². The molecule has 0 saturated heterocycles. The first kappa shape index (κ1) is 20.0. The van der Waals surface area contributed by atoms with Gasteiger partial charge in [0.05, 0.1) is 0 Å². The molecular formula is C26H42. The van der Waals surface area contributed by atoms with Crippen molar-refractivity contribution in [1.82, 2.24) is 0 Å². The predicted molar refractivity (Wildman–Crippen MR) is 115 cm³/mol. The van der Waals surface area contributed by atoms with Crippen LogP contribution in [0.1, 0.15) is 114 Å². The Hall–Kier alpha value is -0.780. The second kappa shape index (κ2) is 10.5. The van der Waals surface area contributed by atoms with Crippen LogP contribution in [0.2, 0.25) is 0 Å². The van der Waals surface area contributed by atoms with E-state index in [9.17, 15) is 0 Å². The Balaban J connectivity index is 1.47. The van der Waals surface area contributed by atoms with E-state index in [-0.39, 0.29) is 0 Å². The minimum atomic E-state index is 0.845. The molecule has 0 N–H and O–H groups in total. The third-order valence-corrected chi connectivity index (χ3v) is 7.46. The van der Waals surface area contributed by atoms with Crippen molar-refractivity contribution < 1.29 is 0 Å². The predicted octanol–water partition coefficient (Wildman–Crippen LogP) is 8.30. The van der Waals surface area contributed by atoms with Gasteiger partial charge in [-0.1, -0.05) is 83.1 Å². The summed E-state index contributed by atoms with van der Waals surface area (Å²) in [7, 11) is 0. The fraction of sp³-hybridized carbons (Fsp3) is 0.769. The van der Waals surface area contributed by atoms with Crippen molar-refractivity contribution in [2.75, 3.05) is 0 Å². The van der Waals surface area contributed by atoms with Crippen LogP contribution in [0, 0.1) is 17.8 Å². The molecule has 1 aromatic carbocycles. The summed E-state index contributed by atoms with van der Waals surface area (Å²) >= 11 is 0. The van der Waals surface area contributed by atoms with Crippen LogP contribution in [-0.2, 0) is 6.42 Å². The van der Waals surface area contributed by atoms with E-state index in [1.165, 1.54) is 83.5 Å². The number of hydrogen-bond acceptors (Lipinski definition) is 0. The van der Waals surface area contributed by atoms with E-state index in [0.717, 1.165) is 23.7 Å². The van der Waals surface area contributed by atoms with Crippen LogP contribution >= 0.6 is 0 Å². The van der Waals surface area contributed by atoms with Crippen molar-refractivity contribution in [3.05, 3.63) is 35.4 Å². The Morgan fingerprint density at radius 1 is 0.731 bits per heavy atom. The van der Waals surface area contributed by atoms with Gasteiger partial charge in [0.2, 0.25) is 0 Å². The summed E-state index contributed by atoms with van der Waals surface area (Å²) in [5.74, 6) is 3.99. The van der Waals surface area contributed by atoms with Crippen LogP contribution in [-0.4, -0.2) is 0 Å². The molecule has 0 heterocycles. The highest BCUT2D eigenvalue weighted by molar-refractivity contribution is 5.26. The fourth-order valence-electron chi connectivity index (χ4n) is 5.77. The third-order valence-electron chi connectivity index (χ3n) is 7.46. The van der Waals surface area contributed by atoms with E-state index >= 15 is 0 Å². The van der Waals surface area contributed by atoms with E-state index in [0.29, 0.717) is 0 Å². The molecule has 2 aliphatic rings. The summed E-state index contributed by atoms with van der Waals surface area (Å²) in [6.07, 6.45) is 20.1. The molecule has 2 saturated carbocycles. The van der Waals surface area contributed by atoms with Gasteiger partial charge in [0, 0.05) is 0 Å². The van der Waals surface area contributed by atoms with Crippen molar-refractivity contribution in [3.63, 3.8) is 0 Å². The van der Waals surface area contributed by atoms with Crippen LogP contribution in [0.3, 0.4) is 0 Å². The molecule has 2 aliphatic carbocycles. The van der Waals surface area contributed by atoms with Gasteiger partial charge in [-0.15, -0.1) is 0 Å². The number of rotatable bonds is 9. The van der Waals surface area contributed by atoms with Crippen molar-refractivity contribution in [3.8, 4) is 0 Å². The van der Waals surface area contributed by atoms with Gasteiger partial charge in [-0.25, -0.2) is 0 Å². The average molecular weight is 355 g/mol. The maximum absolute atomic E-state index is 2.46. The standard InChI is InChI=1S/C26H42/c1-3-5-7-9-21-11-14-23(15-12-21)25-18-17-24-19-22(10-8-6-4-2)13-16-26(24)20-25/h11-12,14-15,22,24-26H,3-10,13,16-20H2,1-2H3/t22-,24-,25+,26+/m0/s1. The minimum Gasteiger partial charge on any atom is -0.0654 e. The highest BCUT2D eigenvalue weighted by Gasteiger charge is 2.35. The minimum absolute atomic E-state index is 0.845. The number of hydrogen-bond donors (Lipinski definition) is 0. The molecule has 0 bridgehead atoms. The van der Waals surface area contributed by atoms with Gasteiger partial charge in [0.15, 0.2) is 0 Å². The molecule has 146 valence electrons. The Bertz CT molecular complexity index is 499. The van der Waals surface area contributed by atoms with E-state index in [2.05, 4.69) is 38.1 Å². The highest BCUT2D eigenvalue weighted by Crippen LogP contribution is 2.48. The lowest BCUT2D eigenvalue weighted by atomic mass is 9.63. The van der Waals surface area contributed by atoms with Crippen molar-refractivity contribution in [2.45, 2.75) is 110 Å². The summed E-state index contributed by atoms with van der Waals surface area (Å²) in [5, 5.41) is 0. The normalized spacial score (nSPS) is 28.7. The van der Waals surface area contributed by atoms with Crippen LogP contribution in [0.25, 0.3) is 0 Å². The maximum Gasteiger partial charge on any atom is -0.0159 e. The van der Waals surface area contributed by atoms with Crippen molar-refractivity contribution in [1.29, 1.82) is 0 Å². The number of fused-ring (bicyclic) bond motifs is 1. The van der Waals surface area contributed by atoms with Gasteiger partial charge < -0.3 is 0 Å². The lowest BCUT2D eigenvalue weighted by Gasteiger charge is -2.42. The van der Waals surface area contributed by atoms with E-state index in [1.54, 1.807) is 17.5 Å². The van der Waals surface area contributed by atoms with Crippen molar-refractivity contribution >= 4 is 0 Å². The molecule has 0 nitrogen and oxygen atoms in total. The topological polar surface area (TPSA) is 0 Å². The first-order valence-corrected chi connectivity index (χ1v) is 11.9. The molecule has 0 heteroatoms. The smallest absolute Gasteiger partial charge is 0.0159 e. The fourth-order valence-corrected chi connectivity index (χ4v) is 5.77. The maximum atomic E-state index is 2.46. The Morgan fingerprint density at radius 3 is 2.19 bits per heavy atom. The van der Waals surface area contributed by atoms with Gasteiger partial charge in [-0.3, -0.25) is 0 Å². The average Bonchev–Trinajstić information content (AvgIpc) is 2.68. The zero-order valence-electron chi connectivity index (χ0n) is 17.5. The molecule has 0 aliphatic heterocycles. The second-order valence-corrected chi connectivity index (χ2v) is 9.40. The molecule has 0 unspecified atom stereocenters. The molecule has 0 aromatic heterocycles. The molecule has 1 aromatic rings. The van der Waals surface area contributed by atoms with Crippen LogP contribution < -0.4 is 0 Å². The molecule has 4 atom stereocenters. The van der Waals surface area contributed by atoms with Crippen LogP contribution in [0.15, 0.2) is 24.3 Å². The van der Waals surface area contributed by atoms with Crippen molar-refractivity contribution in [2.24, 2.45) is 17.8 Å². The number of benzene rings is 1. The first-order valence-electron chi connectivity index (χ1n) is 11.9. The Morgan fingerprint density at radius 2 is 1.42 bits per heavy atom. The number of aryl methyl sites for hydroxylation is 1. The van der Waals surface area contributed by atoms with Gasteiger partial charge in [-0.2, -0.15) is 0 Å². The molecular weight excluding hydrogens is 312 g/mol. The highest BCUT2D eigenvalue weighted by atomic mass is 14.4. The molecule has 3 rings (SSSR count). The lowest BCUT2D eigenvalue weighted by molar-refractivity contribution is 0.113. The second-order valence-electron chi connectivity index (χ2n) is 9.40. The molecule has 26 heavy (non-hydrogen) atoms. The summed E-state index contributed by atoms with van der Waals surface area (Å²) in [5.41, 5.74) is 3.18. The zero-order chi connectivity index (χ0) is 18.2.